The van der Waals surface area contributed by atoms with Crippen molar-refractivity contribution in [3.63, 3.8) is 0 Å². The second kappa shape index (κ2) is 5.21. The van der Waals surface area contributed by atoms with Crippen LogP contribution >= 0.6 is 46.6 Å². The second-order valence-electron chi connectivity index (χ2n) is 3.58. The van der Waals surface area contributed by atoms with Crippen LogP contribution < -0.4 is 0 Å². The van der Waals surface area contributed by atoms with E-state index in [-0.39, 0.29) is 10.8 Å². The minimum absolute atomic E-state index is 0.0523. The maximum absolute atomic E-state index is 9.64. The Balaban J connectivity index is 2.66. The Labute approximate surface area is 124 Å². The van der Waals surface area contributed by atoms with Crippen molar-refractivity contribution in [2.45, 2.75) is 5.03 Å². The summed E-state index contributed by atoms with van der Waals surface area (Å²) in [4.78, 5) is 0. The number of phenolic OH excluding ortho intramolecular Hbond substituents is 1. The van der Waals surface area contributed by atoms with Gasteiger partial charge in [-0.1, -0.05) is 34.8 Å². The van der Waals surface area contributed by atoms with E-state index in [1.165, 1.54) is 23.9 Å². The van der Waals surface area contributed by atoms with Gasteiger partial charge in [-0.25, -0.2) is 0 Å². The van der Waals surface area contributed by atoms with Crippen LogP contribution in [0.2, 0.25) is 15.1 Å². The normalized spacial score (nSPS) is 10.9. The summed E-state index contributed by atoms with van der Waals surface area (Å²) in [5.41, 5.74) is 1.08. The molecule has 0 amide bonds. The van der Waals surface area contributed by atoms with Gasteiger partial charge in [0.2, 0.25) is 0 Å². The van der Waals surface area contributed by atoms with E-state index in [0.717, 1.165) is 5.03 Å². The number of hydrogen-bond acceptors (Lipinski definition) is 3. The van der Waals surface area contributed by atoms with E-state index >= 15 is 0 Å². The van der Waals surface area contributed by atoms with Crippen LogP contribution in [0, 0.1) is 0 Å². The number of nitrogens with zero attached hydrogens (tertiary/aromatic N) is 2. The molecule has 0 fully saturated rings. The fourth-order valence-corrected chi connectivity index (χ4v) is 3.14. The highest BCUT2D eigenvalue weighted by atomic mass is 35.5. The zero-order valence-electron chi connectivity index (χ0n) is 9.54. The van der Waals surface area contributed by atoms with Crippen molar-refractivity contribution in [1.29, 1.82) is 0 Å². The molecule has 0 atom stereocenters. The highest BCUT2D eigenvalue weighted by molar-refractivity contribution is 7.98. The predicted octanol–water partition coefficient (Wildman–Crippen LogP) is 4.47. The van der Waals surface area contributed by atoms with Gasteiger partial charge in [-0.15, -0.1) is 11.8 Å². The number of halogens is 3. The third-order valence-corrected chi connectivity index (χ3v) is 4.37. The van der Waals surface area contributed by atoms with E-state index in [9.17, 15) is 5.11 Å². The monoisotopic (exact) mass is 322 g/mol. The number of aryl methyl sites for hydroxylation is 1. The van der Waals surface area contributed by atoms with Crippen LogP contribution in [0.5, 0.6) is 5.75 Å². The Morgan fingerprint density at radius 1 is 1.22 bits per heavy atom. The molecule has 1 aromatic carbocycles. The SMILES string of the molecule is CSc1c(Cl)c(-c2cc(O)c(Cl)cc2Cl)nn1C. The van der Waals surface area contributed by atoms with E-state index in [1.54, 1.807) is 11.7 Å². The van der Waals surface area contributed by atoms with Gasteiger partial charge in [-0.2, -0.15) is 5.10 Å². The molecule has 1 aromatic heterocycles. The number of hydrogen-bond donors (Lipinski definition) is 1. The number of aromatic hydroxyl groups is 1. The van der Waals surface area contributed by atoms with Crippen LogP contribution in [0.1, 0.15) is 0 Å². The molecule has 0 saturated carbocycles. The summed E-state index contributed by atoms with van der Waals surface area (Å²) in [7, 11) is 1.80. The Morgan fingerprint density at radius 2 is 1.89 bits per heavy atom. The van der Waals surface area contributed by atoms with Crippen LogP contribution in [-0.2, 0) is 7.05 Å². The Morgan fingerprint density at radius 3 is 2.44 bits per heavy atom. The van der Waals surface area contributed by atoms with Gasteiger partial charge in [0.25, 0.3) is 0 Å². The van der Waals surface area contributed by atoms with E-state index in [0.29, 0.717) is 21.3 Å². The fourth-order valence-electron chi connectivity index (χ4n) is 1.60. The molecule has 96 valence electrons. The molecule has 3 nitrogen and oxygen atoms in total. The highest BCUT2D eigenvalue weighted by Gasteiger charge is 2.18. The molecule has 0 bridgehead atoms. The Kier molecular flexibility index (Phi) is 4.02. The topological polar surface area (TPSA) is 38.1 Å². The van der Waals surface area contributed by atoms with E-state index in [1.807, 2.05) is 6.26 Å². The summed E-state index contributed by atoms with van der Waals surface area (Å²) in [5, 5.41) is 15.9. The van der Waals surface area contributed by atoms with Crippen LogP contribution in [0.3, 0.4) is 0 Å². The van der Waals surface area contributed by atoms with Crippen molar-refractivity contribution in [2.24, 2.45) is 7.05 Å². The quantitative estimate of drug-likeness (QED) is 0.828. The number of rotatable bonds is 2. The minimum Gasteiger partial charge on any atom is -0.506 e. The van der Waals surface area contributed by atoms with Gasteiger partial charge in [0.15, 0.2) is 0 Å². The molecule has 0 aliphatic heterocycles. The fraction of sp³-hybridized carbons (Fsp3) is 0.182. The smallest absolute Gasteiger partial charge is 0.134 e. The molecule has 7 heteroatoms. The van der Waals surface area contributed by atoms with Gasteiger partial charge in [-0.05, 0) is 18.4 Å². The van der Waals surface area contributed by atoms with Crippen LogP contribution in [0.4, 0.5) is 0 Å². The molecule has 1 heterocycles. The Hall–Kier alpha value is -0.550. The van der Waals surface area contributed by atoms with Gasteiger partial charge < -0.3 is 5.11 Å². The largest absolute Gasteiger partial charge is 0.506 e. The third-order valence-electron chi connectivity index (χ3n) is 2.42. The van der Waals surface area contributed by atoms with Crippen molar-refractivity contribution in [1.82, 2.24) is 9.78 Å². The van der Waals surface area contributed by atoms with E-state index < -0.39 is 0 Å². The molecular weight excluding hydrogens is 315 g/mol. The average molecular weight is 324 g/mol. The predicted molar refractivity (Wildman–Crippen MR) is 77.1 cm³/mol. The average Bonchev–Trinajstić information content (AvgIpc) is 2.59. The molecular formula is C11H9Cl3N2OS. The highest BCUT2D eigenvalue weighted by Crippen LogP contribution is 2.40. The lowest BCUT2D eigenvalue weighted by molar-refractivity contribution is 0.476. The van der Waals surface area contributed by atoms with Crippen molar-refractivity contribution >= 4 is 46.6 Å². The summed E-state index contributed by atoms with van der Waals surface area (Å²) in [6, 6.07) is 2.93. The van der Waals surface area contributed by atoms with Crippen LogP contribution in [0.25, 0.3) is 11.3 Å². The number of benzene rings is 1. The van der Waals surface area contributed by atoms with Crippen molar-refractivity contribution < 1.29 is 5.11 Å². The lowest BCUT2D eigenvalue weighted by Gasteiger charge is -2.04. The number of phenols is 1. The first-order valence-electron chi connectivity index (χ1n) is 4.90. The van der Waals surface area contributed by atoms with Gasteiger partial charge in [0.05, 0.1) is 10.0 Å². The molecule has 0 aliphatic carbocycles. The summed E-state index contributed by atoms with van der Waals surface area (Å²) < 4.78 is 1.67. The van der Waals surface area contributed by atoms with E-state index in [2.05, 4.69) is 5.10 Å². The van der Waals surface area contributed by atoms with Gasteiger partial charge in [0.1, 0.15) is 21.5 Å². The first kappa shape index (κ1) is 13.9. The summed E-state index contributed by atoms with van der Waals surface area (Å²) >= 11 is 19.6. The maximum Gasteiger partial charge on any atom is 0.134 e. The van der Waals surface area contributed by atoms with Crippen molar-refractivity contribution in [2.75, 3.05) is 6.26 Å². The number of aromatic nitrogens is 2. The lowest BCUT2D eigenvalue weighted by atomic mass is 10.1. The van der Waals surface area contributed by atoms with Crippen molar-refractivity contribution in [3.8, 4) is 17.0 Å². The van der Waals surface area contributed by atoms with Crippen LogP contribution in [0.15, 0.2) is 17.2 Å². The molecule has 1 N–H and O–H groups in total. The third kappa shape index (κ3) is 2.30. The molecule has 0 spiro atoms. The molecule has 18 heavy (non-hydrogen) atoms. The molecule has 2 rings (SSSR count). The van der Waals surface area contributed by atoms with Gasteiger partial charge in [0, 0.05) is 12.6 Å². The maximum atomic E-state index is 9.64. The number of thioether (sulfide) groups is 1. The first-order chi connectivity index (χ1) is 8.45. The minimum atomic E-state index is -0.0523. The van der Waals surface area contributed by atoms with E-state index in [4.69, 9.17) is 34.8 Å². The van der Waals surface area contributed by atoms with Crippen molar-refractivity contribution in [3.05, 3.63) is 27.2 Å². The molecule has 0 saturated heterocycles. The van der Waals surface area contributed by atoms with Crippen LogP contribution in [-0.4, -0.2) is 21.1 Å². The first-order valence-corrected chi connectivity index (χ1v) is 7.26. The molecule has 0 aliphatic rings. The second-order valence-corrected chi connectivity index (χ2v) is 5.57. The lowest BCUT2D eigenvalue weighted by Crippen LogP contribution is -1.91. The summed E-state index contributed by atoms with van der Waals surface area (Å²) in [6.07, 6.45) is 1.91. The summed E-state index contributed by atoms with van der Waals surface area (Å²) in [5.74, 6) is -0.0523. The Bertz CT molecular complexity index is 613. The summed E-state index contributed by atoms with van der Waals surface area (Å²) in [6.45, 7) is 0. The molecule has 0 unspecified atom stereocenters. The molecule has 0 radical (unpaired) electrons. The van der Waals surface area contributed by atoms with Gasteiger partial charge in [-0.3, -0.25) is 4.68 Å². The zero-order chi connectivity index (χ0) is 13.4. The zero-order valence-corrected chi connectivity index (χ0v) is 12.6. The van der Waals surface area contributed by atoms with Gasteiger partial charge >= 0.3 is 0 Å². The standard InChI is InChI=1S/C11H9Cl3N2OS/c1-16-11(18-2)9(14)10(15-16)5-3-8(17)7(13)4-6(5)12/h3-4,17H,1-2H3. The molecule has 2 aromatic rings.